The van der Waals surface area contributed by atoms with Crippen molar-refractivity contribution < 1.29 is 19.1 Å². The Morgan fingerprint density at radius 2 is 1.92 bits per heavy atom. The molecule has 0 bridgehead atoms. The highest BCUT2D eigenvalue weighted by Crippen LogP contribution is 2.28. The lowest BCUT2D eigenvalue weighted by Crippen LogP contribution is -2.50. The molecule has 1 fully saturated rings. The minimum Gasteiger partial charge on any atom is -0.457 e. The number of cyclic esters (lactones) is 1. The highest BCUT2D eigenvalue weighted by Gasteiger charge is 2.27. The smallest absolute Gasteiger partial charge is 0.410 e. The molecule has 0 unspecified atom stereocenters. The Kier molecular flexibility index (Phi) is 5.76. The third kappa shape index (κ3) is 4.49. The number of carbonyl (C=O) groups is 2. The zero-order valence-corrected chi connectivity index (χ0v) is 17.7. The van der Waals surface area contributed by atoms with Crippen LogP contribution in [0.3, 0.4) is 0 Å². The number of nitrogens with zero attached hydrogens (tertiary/aromatic N) is 2. The van der Waals surface area contributed by atoms with Gasteiger partial charge in [0.05, 0.1) is 5.56 Å². The van der Waals surface area contributed by atoms with Crippen molar-refractivity contribution in [1.82, 2.24) is 9.80 Å². The Morgan fingerprint density at radius 1 is 1.23 bits per heavy atom. The van der Waals surface area contributed by atoms with Crippen LogP contribution >= 0.6 is 22.6 Å². The van der Waals surface area contributed by atoms with Crippen molar-refractivity contribution in [3.8, 4) is 0 Å². The summed E-state index contributed by atoms with van der Waals surface area (Å²) >= 11 is 2.31. The first-order chi connectivity index (χ1) is 12.2. The molecule has 1 aromatic rings. The van der Waals surface area contributed by atoms with Crippen LogP contribution in [0.15, 0.2) is 12.1 Å². The molecule has 0 atom stereocenters. The summed E-state index contributed by atoms with van der Waals surface area (Å²) in [6, 6.07) is 3.91. The van der Waals surface area contributed by atoms with Gasteiger partial charge >= 0.3 is 12.1 Å². The van der Waals surface area contributed by atoms with Gasteiger partial charge in [0.2, 0.25) is 0 Å². The largest absolute Gasteiger partial charge is 0.457 e. The van der Waals surface area contributed by atoms with Gasteiger partial charge in [-0.05, 0) is 61.4 Å². The van der Waals surface area contributed by atoms with Crippen LogP contribution in [0, 0.1) is 3.57 Å². The van der Waals surface area contributed by atoms with E-state index in [1.807, 2.05) is 32.9 Å². The van der Waals surface area contributed by atoms with Gasteiger partial charge < -0.3 is 14.4 Å². The molecule has 26 heavy (non-hydrogen) atoms. The molecule has 0 spiro atoms. The number of piperazine rings is 1. The number of ether oxygens (including phenoxy) is 2. The Hall–Kier alpha value is -1.35. The first-order valence-electron chi connectivity index (χ1n) is 8.92. The minimum atomic E-state index is -0.455. The van der Waals surface area contributed by atoms with E-state index < -0.39 is 5.60 Å². The lowest BCUT2D eigenvalue weighted by molar-refractivity contribution is 0.0146. The van der Waals surface area contributed by atoms with Crippen LogP contribution in [-0.4, -0.2) is 60.2 Å². The molecule has 1 saturated heterocycles. The predicted octanol–water partition coefficient (Wildman–Crippen LogP) is 3.06. The molecule has 1 aromatic carbocycles. The van der Waals surface area contributed by atoms with E-state index in [9.17, 15) is 9.59 Å². The first kappa shape index (κ1) is 19.4. The maximum absolute atomic E-state index is 12.1. The Bertz CT molecular complexity index is 706. The molecule has 0 aromatic heterocycles. The van der Waals surface area contributed by atoms with Crippen LogP contribution in [0.5, 0.6) is 0 Å². The van der Waals surface area contributed by atoms with E-state index in [2.05, 4.69) is 27.5 Å². The summed E-state index contributed by atoms with van der Waals surface area (Å²) in [5.41, 5.74) is 2.51. The normalized spacial score (nSPS) is 17.8. The fourth-order valence-corrected chi connectivity index (χ4v) is 4.07. The van der Waals surface area contributed by atoms with Crippen LogP contribution in [0.4, 0.5) is 4.79 Å². The predicted molar refractivity (Wildman–Crippen MR) is 106 cm³/mol. The minimum absolute atomic E-state index is 0.220. The maximum atomic E-state index is 12.1. The van der Waals surface area contributed by atoms with Gasteiger partial charge in [0.25, 0.3) is 0 Å². The molecular formula is C19H25IN2O4. The van der Waals surface area contributed by atoms with Crippen molar-refractivity contribution in [3.63, 3.8) is 0 Å². The van der Waals surface area contributed by atoms with Gasteiger partial charge in [-0.1, -0.05) is 6.07 Å². The molecule has 0 radical (unpaired) electrons. The highest BCUT2D eigenvalue weighted by molar-refractivity contribution is 14.1. The molecular weight excluding hydrogens is 447 g/mol. The number of amides is 1. The second kappa shape index (κ2) is 7.72. The molecule has 0 aliphatic carbocycles. The second-order valence-corrected chi connectivity index (χ2v) is 8.78. The topological polar surface area (TPSA) is 59.1 Å². The summed E-state index contributed by atoms with van der Waals surface area (Å²) in [5, 5.41) is 0. The number of hydrogen-bond donors (Lipinski definition) is 0. The third-order valence-electron chi connectivity index (χ3n) is 4.61. The van der Waals surface area contributed by atoms with Gasteiger partial charge in [-0.2, -0.15) is 0 Å². The Balaban J connectivity index is 1.50. The number of carbonyl (C=O) groups excluding carboxylic acids is 2. The van der Waals surface area contributed by atoms with E-state index in [0.29, 0.717) is 25.3 Å². The quantitative estimate of drug-likeness (QED) is 0.500. The van der Waals surface area contributed by atoms with Crippen molar-refractivity contribution in [2.75, 3.05) is 32.7 Å². The Morgan fingerprint density at radius 3 is 2.58 bits per heavy atom. The van der Waals surface area contributed by atoms with E-state index in [0.717, 1.165) is 35.2 Å². The number of fused-ring (bicyclic) bond motifs is 1. The average molecular weight is 472 g/mol. The zero-order valence-electron chi connectivity index (χ0n) is 15.5. The molecule has 1 amide bonds. The second-order valence-electron chi connectivity index (χ2n) is 7.70. The zero-order chi connectivity index (χ0) is 18.9. The summed E-state index contributed by atoms with van der Waals surface area (Å²) in [7, 11) is 0. The molecule has 2 aliphatic heterocycles. The van der Waals surface area contributed by atoms with Crippen LogP contribution < -0.4 is 0 Å². The fourth-order valence-electron chi connectivity index (χ4n) is 3.17. The summed E-state index contributed by atoms with van der Waals surface area (Å²) in [5.74, 6) is -0.220. The van der Waals surface area contributed by atoms with Gasteiger partial charge in [-0.15, -0.1) is 0 Å². The first-order valence-corrected chi connectivity index (χ1v) is 10.00. The van der Waals surface area contributed by atoms with Crippen LogP contribution in [0.1, 0.15) is 42.3 Å². The summed E-state index contributed by atoms with van der Waals surface area (Å²) in [4.78, 5) is 27.9. The Labute approximate surface area is 167 Å². The van der Waals surface area contributed by atoms with E-state index in [-0.39, 0.29) is 12.1 Å². The van der Waals surface area contributed by atoms with E-state index in [4.69, 9.17) is 9.47 Å². The number of hydrogen-bond acceptors (Lipinski definition) is 5. The van der Waals surface area contributed by atoms with Crippen molar-refractivity contribution in [1.29, 1.82) is 0 Å². The van der Waals surface area contributed by atoms with Crippen molar-refractivity contribution in [3.05, 3.63) is 32.4 Å². The van der Waals surface area contributed by atoms with E-state index >= 15 is 0 Å². The molecule has 7 heteroatoms. The lowest BCUT2D eigenvalue weighted by Gasteiger charge is -2.35. The van der Waals surface area contributed by atoms with E-state index in [1.54, 1.807) is 4.90 Å². The van der Waals surface area contributed by atoms with Crippen molar-refractivity contribution >= 4 is 34.7 Å². The van der Waals surface area contributed by atoms with Crippen LogP contribution in [-0.2, 0) is 22.5 Å². The van der Waals surface area contributed by atoms with Crippen molar-refractivity contribution in [2.45, 2.75) is 39.4 Å². The van der Waals surface area contributed by atoms with Crippen LogP contribution in [0.25, 0.3) is 0 Å². The molecule has 142 valence electrons. The van der Waals surface area contributed by atoms with Gasteiger partial charge in [-0.3, -0.25) is 4.90 Å². The molecule has 2 heterocycles. The number of rotatable bonds is 3. The van der Waals surface area contributed by atoms with Crippen LogP contribution in [0.2, 0.25) is 0 Å². The average Bonchev–Trinajstić information content (AvgIpc) is 2.95. The summed E-state index contributed by atoms with van der Waals surface area (Å²) in [6.07, 6.45) is 0.696. The SMILES string of the molecule is CC(C)(C)OC(=O)N1CCN(CCc2ccc3c(c2I)COC3=O)CC1. The van der Waals surface area contributed by atoms with Gasteiger partial charge in [0.15, 0.2) is 0 Å². The molecule has 0 N–H and O–H groups in total. The third-order valence-corrected chi connectivity index (χ3v) is 5.96. The summed E-state index contributed by atoms with van der Waals surface area (Å²) < 4.78 is 11.7. The number of benzene rings is 1. The van der Waals surface area contributed by atoms with Gasteiger partial charge in [0.1, 0.15) is 12.2 Å². The molecule has 2 aliphatic rings. The number of halogens is 1. The molecule has 3 rings (SSSR count). The maximum Gasteiger partial charge on any atom is 0.410 e. The lowest BCUT2D eigenvalue weighted by atomic mass is 10.0. The van der Waals surface area contributed by atoms with Gasteiger partial charge in [0, 0.05) is 41.9 Å². The van der Waals surface area contributed by atoms with Gasteiger partial charge in [-0.25, -0.2) is 9.59 Å². The molecule has 6 nitrogen and oxygen atoms in total. The summed E-state index contributed by atoms with van der Waals surface area (Å²) in [6.45, 7) is 10.1. The molecule has 0 saturated carbocycles. The van der Waals surface area contributed by atoms with E-state index in [1.165, 1.54) is 5.56 Å². The fraction of sp³-hybridized carbons (Fsp3) is 0.579. The number of esters is 1. The highest BCUT2D eigenvalue weighted by atomic mass is 127. The monoisotopic (exact) mass is 472 g/mol. The standard InChI is InChI=1S/C19H25IN2O4/c1-19(2,3)26-18(24)22-10-8-21(9-11-22)7-6-13-4-5-14-15(16(13)20)12-25-17(14)23/h4-5H,6-12H2,1-3H3. The van der Waals surface area contributed by atoms with Crippen molar-refractivity contribution in [2.24, 2.45) is 0 Å².